The Morgan fingerprint density at radius 3 is 2.37 bits per heavy atom. The molecule has 35 heavy (non-hydrogen) atoms. The highest BCUT2D eigenvalue weighted by Crippen LogP contribution is 2.29. The van der Waals surface area contributed by atoms with Crippen molar-refractivity contribution in [2.24, 2.45) is 0 Å². The predicted molar refractivity (Wildman–Crippen MR) is 136 cm³/mol. The van der Waals surface area contributed by atoms with Crippen LogP contribution in [0.5, 0.6) is 0 Å². The number of pyridine rings is 1. The first-order valence-electron chi connectivity index (χ1n) is 11.1. The van der Waals surface area contributed by atoms with Gasteiger partial charge in [0.25, 0.3) is 0 Å². The molecule has 178 valence electrons. The number of nitrogens with zero attached hydrogens (tertiary/aromatic N) is 6. The van der Waals surface area contributed by atoms with Crippen LogP contribution in [0.3, 0.4) is 0 Å². The molecule has 1 saturated heterocycles. The quantitative estimate of drug-likeness (QED) is 0.356. The minimum Gasteiger partial charge on any atom is -0.366 e. The summed E-state index contributed by atoms with van der Waals surface area (Å²) in [4.78, 5) is 20.9. The van der Waals surface area contributed by atoms with Crippen LogP contribution in [0.2, 0.25) is 5.02 Å². The van der Waals surface area contributed by atoms with E-state index in [1.807, 2.05) is 56.8 Å². The van der Waals surface area contributed by atoms with Gasteiger partial charge in [0, 0.05) is 54.8 Å². The van der Waals surface area contributed by atoms with Crippen LogP contribution in [0.25, 0.3) is 17.1 Å². The first-order valence-corrected chi connectivity index (χ1v) is 12.5. The molecule has 1 fully saturated rings. The van der Waals surface area contributed by atoms with E-state index < -0.39 is 0 Å². The van der Waals surface area contributed by atoms with Crippen LogP contribution < -0.4 is 4.90 Å². The van der Waals surface area contributed by atoms with Crippen LogP contribution in [0.1, 0.15) is 0 Å². The van der Waals surface area contributed by atoms with E-state index in [-0.39, 0.29) is 17.5 Å². The van der Waals surface area contributed by atoms with Crippen LogP contribution in [0, 0.1) is 5.82 Å². The number of rotatable bonds is 6. The first kappa shape index (κ1) is 23.3. The molecule has 1 aliphatic rings. The molecule has 0 bridgehead atoms. The number of aromatic nitrogens is 4. The zero-order valence-electron chi connectivity index (χ0n) is 18.7. The standard InChI is InChI=1S/C25H22ClFN6OS/c26-19-5-7-20(8-6-19)33-24(18-9-11-28-12-10-18)29-30-25(33)35-17-23(34)32-15-13-31(14-16-32)22-4-2-1-3-21(22)27/h1-12H,13-17H2. The number of para-hydroxylation sites is 1. The monoisotopic (exact) mass is 508 g/mol. The Morgan fingerprint density at radius 2 is 1.66 bits per heavy atom. The third-order valence-electron chi connectivity index (χ3n) is 5.81. The molecule has 3 heterocycles. The van der Waals surface area contributed by atoms with Gasteiger partial charge in [0.1, 0.15) is 5.82 Å². The zero-order chi connectivity index (χ0) is 24.2. The lowest BCUT2D eigenvalue weighted by atomic mass is 10.2. The molecule has 10 heteroatoms. The number of hydrogen-bond acceptors (Lipinski definition) is 6. The maximum Gasteiger partial charge on any atom is 0.233 e. The molecule has 0 aliphatic carbocycles. The highest BCUT2D eigenvalue weighted by atomic mass is 35.5. The normalized spacial score (nSPS) is 13.8. The van der Waals surface area contributed by atoms with Crippen molar-refractivity contribution in [3.63, 3.8) is 0 Å². The third kappa shape index (κ3) is 5.16. The van der Waals surface area contributed by atoms with Crippen molar-refractivity contribution in [3.8, 4) is 17.1 Å². The second kappa shape index (κ2) is 10.5. The largest absolute Gasteiger partial charge is 0.366 e. The SMILES string of the molecule is O=C(CSc1nnc(-c2ccncc2)n1-c1ccc(Cl)cc1)N1CCN(c2ccccc2F)CC1. The summed E-state index contributed by atoms with van der Waals surface area (Å²) in [5, 5.41) is 10.0. The van der Waals surface area contributed by atoms with Gasteiger partial charge >= 0.3 is 0 Å². The Bertz CT molecular complexity index is 1310. The third-order valence-corrected chi connectivity index (χ3v) is 6.97. The fourth-order valence-electron chi connectivity index (χ4n) is 4.00. The number of halogens is 2. The van der Waals surface area contributed by atoms with Gasteiger partial charge in [-0.2, -0.15) is 0 Å². The lowest BCUT2D eigenvalue weighted by Crippen LogP contribution is -2.49. The smallest absolute Gasteiger partial charge is 0.233 e. The van der Waals surface area contributed by atoms with E-state index in [1.54, 1.807) is 24.5 Å². The summed E-state index contributed by atoms with van der Waals surface area (Å²) >= 11 is 7.43. The summed E-state index contributed by atoms with van der Waals surface area (Å²) in [7, 11) is 0. The molecule has 5 rings (SSSR count). The van der Waals surface area contributed by atoms with E-state index in [0.29, 0.717) is 47.9 Å². The second-order valence-electron chi connectivity index (χ2n) is 7.96. The van der Waals surface area contributed by atoms with E-state index in [2.05, 4.69) is 15.2 Å². The number of anilines is 1. The Kier molecular flexibility index (Phi) is 6.96. The Morgan fingerprint density at radius 1 is 0.943 bits per heavy atom. The molecule has 0 unspecified atom stereocenters. The molecule has 7 nitrogen and oxygen atoms in total. The van der Waals surface area contributed by atoms with Crippen molar-refractivity contribution in [1.82, 2.24) is 24.6 Å². The van der Waals surface area contributed by atoms with Gasteiger partial charge in [-0.15, -0.1) is 10.2 Å². The summed E-state index contributed by atoms with van der Waals surface area (Å²) in [6, 6.07) is 17.9. The van der Waals surface area contributed by atoms with E-state index in [4.69, 9.17) is 11.6 Å². The maximum atomic E-state index is 14.1. The predicted octanol–water partition coefficient (Wildman–Crippen LogP) is 4.56. The number of carbonyl (C=O) groups is 1. The highest BCUT2D eigenvalue weighted by molar-refractivity contribution is 7.99. The van der Waals surface area contributed by atoms with Crippen molar-refractivity contribution in [1.29, 1.82) is 0 Å². The molecule has 2 aromatic carbocycles. The minimum absolute atomic E-state index is 0.0132. The van der Waals surface area contributed by atoms with E-state index in [9.17, 15) is 9.18 Å². The Balaban J connectivity index is 1.29. The summed E-state index contributed by atoms with van der Waals surface area (Å²) in [6.45, 7) is 2.26. The number of hydrogen-bond donors (Lipinski definition) is 0. The van der Waals surface area contributed by atoms with Gasteiger partial charge in [-0.3, -0.25) is 14.3 Å². The molecular formula is C25H22ClFN6OS. The molecule has 1 aliphatic heterocycles. The number of benzene rings is 2. The fraction of sp³-hybridized carbons (Fsp3) is 0.200. The summed E-state index contributed by atoms with van der Waals surface area (Å²) in [5.41, 5.74) is 2.29. The molecule has 2 aromatic heterocycles. The molecule has 1 amide bonds. The second-order valence-corrected chi connectivity index (χ2v) is 9.34. The Hall–Kier alpha value is -3.43. The topological polar surface area (TPSA) is 67.2 Å². The number of piperazine rings is 1. The Labute approximate surface area is 211 Å². The molecule has 0 spiro atoms. The van der Waals surface area contributed by atoms with Crippen molar-refractivity contribution in [2.45, 2.75) is 5.16 Å². The molecule has 4 aromatic rings. The van der Waals surface area contributed by atoms with Gasteiger partial charge in [0.05, 0.1) is 11.4 Å². The van der Waals surface area contributed by atoms with Crippen LogP contribution in [0.15, 0.2) is 78.2 Å². The number of carbonyl (C=O) groups excluding carboxylic acids is 1. The summed E-state index contributed by atoms with van der Waals surface area (Å²) in [6.07, 6.45) is 3.40. The lowest BCUT2D eigenvalue weighted by molar-refractivity contribution is -0.128. The summed E-state index contributed by atoms with van der Waals surface area (Å²) in [5.74, 6) is 0.652. The lowest BCUT2D eigenvalue weighted by Gasteiger charge is -2.36. The number of amides is 1. The van der Waals surface area contributed by atoms with Crippen molar-refractivity contribution >= 4 is 35.0 Å². The van der Waals surface area contributed by atoms with Gasteiger partial charge in [0.2, 0.25) is 5.91 Å². The van der Waals surface area contributed by atoms with Crippen LogP contribution in [0.4, 0.5) is 10.1 Å². The van der Waals surface area contributed by atoms with E-state index in [0.717, 1.165) is 11.3 Å². The first-order chi connectivity index (χ1) is 17.1. The van der Waals surface area contributed by atoms with Crippen LogP contribution in [-0.2, 0) is 4.79 Å². The zero-order valence-corrected chi connectivity index (χ0v) is 20.3. The molecule has 0 N–H and O–H groups in total. The molecule has 0 saturated carbocycles. The van der Waals surface area contributed by atoms with Crippen molar-refractivity contribution in [2.75, 3.05) is 36.8 Å². The van der Waals surface area contributed by atoms with E-state index in [1.165, 1.54) is 17.8 Å². The van der Waals surface area contributed by atoms with Gasteiger partial charge < -0.3 is 9.80 Å². The van der Waals surface area contributed by atoms with Gasteiger partial charge in [-0.05, 0) is 48.5 Å². The van der Waals surface area contributed by atoms with Crippen molar-refractivity contribution in [3.05, 3.63) is 83.9 Å². The highest BCUT2D eigenvalue weighted by Gasteiger charge is 2.24. The minimum atomic E-state index is -0.241. The number of thioether (sulfide) groups is 1. The van der Waals surface area contributed by atoms with Gasteiger partial charge in [-0.1, -0.05) is 35.5 Å². The van der Waals surface area contributed by atoms with Gasteiger partial charge in [-0.25, -0.2) is 4.39 Å². The average molecular weight is 509 g/mol. The maximum absolute atomic E-state index is 14.1. The average Bonchev–Trinajstić information content (AvgIpc) is 3.32. The molecule has 0 radical (unpaired) electrons. The van der Waals surface area contributed by atoms with Gasteiger partial charge in [0.15, 0.2) is 11.0 Å². The van der Waals surface area contributed by atoms with Crippen LogP contribution in [-0.4, -0.2) is 62.5 Å². The van der Waals surface area contributed by atoms with E-state index >= 15 is 0 Å². The molecular weight excluding hydrogens is 487 g/mol. The van der Waals surface area contributed by atoms with Crippen LogP contribution >= 0.6 is 23.4 Å². The molecule has 0 atom stereocenters. The fourth-order valence-corrected chi connectivity index (χ4v) is 4.98. The van der Waals surface area contributed by atoms with Crippen molar-refractivity contribution < 1.29 is 9.18 Å². The summed E-state index contributed by atoms with van der Waals surface area (Å²) < 4.78 is 16.0.